The van der Waals surface area contributed by atoms with Crippen LogP contribution in [0.5, 0.6) is 0 Å². The zero-order valence-electron chi connectivity index (χ0n) is 16.6. The summed E-state index contributed by atoms with van der Waals surface area (Å²) in [5.41, 5.74) is -0.213. The number of likely N-dealkylation sites (N-methyl/N-ethyl adjacent to an activating group) is 2. The number of amides is 1. The number of carbonyl (C=O) groups excluding carboxylic acids is 1. The van der Waals surface area contributed by atoms with E-state index in [4.69, 9.17) is 0 Å². The molecule has 0 spiro atoms. The summed E-state index contributed by atoms with van der Waals surface area (Å²) in [5, 5.41) is 6.23. The third-order valence-electron chi connectivity index (χ3n) is 3.26. The molecule has 1 amide bonds. The van der Waals surface area contributed by atoms with Crippen molar-refractivity contribution in [3.63, 3.8) is 0 Å². The maximum absolute atomic E-state index is 12.0. The molecule has 0 heterocycles. The molecule has 0 aliphatic rings. The van der Waals surface area contributed by atoms with Gasteiger partial charge in [-0.05, 0) is 47.2 Å². The molecule has 0 bridgehead atoms. The van der Waals surface area contributed by atoms with E-state index in [1.807, 2.05) is 39.6 Å². The van der Waals surface area contributed by atoms with Crippen LogP contribution in [0, 0.1) is 0 Å². The molecule has 0 aromatic rings. The Morgan fingerprint density at radius 1 is 1.12 bits per heavy atom. The predicted octanol–water partition coefficient (Wildman–Crippen LogP) is 2.15. The monoisotopic (exact) mass is 455 g/mol. The first-order valence-electron chi connectivity index (χ1n) is 8.76. The average molecular weight is 455 g/mol. The van der Waals surface area contributed by atoms with Crippen LogP contribution in [0.4, 0.5) is 0 Å². The lowest BCUT2D eigenvalue weighted by Crippen LogP contribution is -2.49. The molecule has 144 valence electrons. The van der Waals surface area contributed by atoms with Gasteiger partial charge in [0.25, 0.3) is 0 Å². The second-order valence-corrected chi connectivity index (χ2v) is 6.82. The van der Waals surface area contributed by atoms with Crippen molar-refractivity contribution in [2.75, 3.05) is 46.3 Å². The van der Waals surface area contributed by atoms with E-state index in [9.17, 15) is 4.79 Å². The average Bonchev–Trinajstić information content (AvgIpc) is 2.43. The first-order chi connectivity index (χ1) is 10.7. The van der Waals surface area contributed by atoms with Crippen LogP contribution in [0.2, 0.25) is 0 Å². The molecule has 0 radical (unpaired) electrons. The number of guanidine groups is 1. The lowest BCUT2D eigenvalue weighted by atomic mass is 10.1. The number of aliphatic imine (C=N–C) groups is 1. The molecule has 6 nitrogen and oxygen atoms in total. The van der Waals surface area contributed by atoms with Crippen LogP contribution < -0.4 is 10.6 Å². The number of nitrogens with zero attached hydrogens (tertiary/aromatic N) is 3. The molecule has 0 saturated heterocycles. The van der Waals surface area contributed by atoms with E-state index < -0.39 is 0 Å². The van der Waals surface area contributed by atoms with Crippen LogP contribution in [0.1, 0.15) is 48.0 Å². The van der Waals surface area contributed by atoms with Crippen LogP contribution in [0.15, 0.2) is 4.99 Å². The fourth-order valence-corrected chi connectivity index (χ4v) is 2.26. The lowest BCUT2D eigenvalue weighted by molar-refractivity contribution is -0.122. The van der Waals surface area contributed by atoms with Gasteiger partial charge in [0.2, 0.25) is 5.91 Å². The van der Waals surface area contributed by atoms with Crippen molar-refractivity contribution in [2.24, 2.45) is 4.99 Å². The number of hydrogen-bond donors (Lipinski definition) is 2. The van der Waals surface area contributed by atoms with Crippen molar-refractivity contribution in [2.45, 2.75) is 53.5 Å². The zero-order valence-corrected chi connectivity index (χ0v) is 18.9. The van der Waals surface area contributed by atoms with Crippen molar-refractivity contribution >= 4 is 35.8 Å². The minimum atomic E-state index is -0.213. The Hall–Kier alpha value is -0.570. The number of carbonyl (C=O) groups is 1. The first-order valence-corrected chi connectivity index (χ1v) is 8.76. The molecule has 0 rings (SSSR count). The van der Waals surface area contributed by atoms with E-state index in [0.717, 1.165) is 45.1 Å². The normalized spacial score (nSPS) is 11.9. The second kappa shape index (κ2) is 13.7. The molecule has 2 N–H and O–H groups in total. The van der Waals surface area contributed by atoms with Gasteiger partial charge in [0.15, 0.2) is 5.96 Å². The van der Waals surface area contributed by atoms with Crippen LogP contribution in [0.25, 0.3) is 0 Å². The molecular formula is C17H38IN5O. The van der Waals surface area contributed by atoms with E-state index in [-0.39, 0.29) is 35.4 Å². The van der Waals surface area contributed by atoms with E-state index >= 15 is 0 Å². The Morgan fingerprint density at radius 2 is 1.75 bits per heavy atom. The van der Waals surface area contributed by atoms with Gasteiger partial charge in [-0.3, -0.25) is 9.79 Å². The van der Waals surface area contributed by atoms with Crippen LogP contribution in [0.3, 0.4) is 0 Å². The molecule has 0 aromatic heterocycles. The first kappa shape index (κ1) is 25.7. The summed E-state index contributed by atoms with van der Waals surface area (Å²) >= 11 is 0. The Labute approximate surface area is 165 Å². The van der Waals surface area contributed by atoms with Crippen LogP contribution in [-0.2, 0) is 4.79 Å². The van der Waals surface area contributed by atoms with Crippen molar-refractivity contribution in [3.8, 4) is 0 Å². The highest BCUT2D eigenvalue weighted by Gasteiger charge is 2.16. The van der Waals surface area contributed by atoms with Gasteiger partial charge in [-0.15, -0.1) is 24.0 Å². The SMILES string of the molecule is CCCN(CC)CCN=C(NCC)N(C)CC(=O)NC(C)(C)C.I. The highest BCUT2D eigenvalue weighted by Crippen LogP contribution is 1.98. The molecule has 0 aliphatic heterocycles. The standard InChI is InChI=1S/C17H37N5O.HI/c1-8-12-22(10-3)13-11-19-16(18-9-2)21(7)14-15(23)20-17(4,5)6;/h8-14H2,1-7H3,(H,18,19)(H,20,23);1H. The van der Waals surface area contributed by atoms with E-state index in [0.29, 0.717) is 6.54 Å². The van der Waals surface area contributed by atoms with E-state index in [1.54, 1.807) is 0 Å². The van der Waals surface area contributed by atoms with Gasteiger partial charge in [-0.2, -0.15) is 0 Å². The number of nitrogens with one attached hydrogen (secondary N) is 2. The fraction of sp³-hybridized carbons (Fsp3) is 0.882. The van der Waals surface area contributed by atoms with Crippen LogP contribution >= 0.6 is 24.0 Å². The summed E-state index contributed by atoms with van der Waals surface area (Å²) in [6, 6.07) is 0. The third-order valence-corrected chi connectivity index (χ3v) is 3.26. The molecule has 7 heteroatoms. The van der Waals surface area contributed by atoms with Crippen molar-refractivity contribution < 1.29 is 4.79 Å². The van der Waals surface area contributed by atoms with Gasteiger partial charge < -0.3 is 20.4 Å². The summed E-state index contributed by atoms with van der Waals surface area (Å²) in [7, 11) is 1.90. The minimum absolute atomic E-state index is 0. The van der Waals surface area contributed by atoms with Gasteiger partial charge in [0.05, 0.1) is 13.1 Å². The topological polar surface area (TPSA) is 60.0 Å². The Morgan fingerprint density at radius 3 is 2.21 bits per heavy atom. The maximum Gasteiger partial charge on any atom is 0.240 e. The van der Waals surface area contributed by atoms with Crippen LogP contribution in [-0.4, -0.2) is 73.5 Å². The molecule has 0 saturated carbocycles. The maximum atomic E-state index is 12.0. The van der Waals surface area contributed by atoms with E-state index in [2.05, 4.69) is 34.4 Å². The van der Waals surface area contributed by atoms with Gasteiger partial charge in [0.1, 0.15) is 0 Å². The van der Waals surface area contributed by atoms with E-state index in [1.165, 1.54) is 0 Å². The number of halogens is 1. The summed E-state index contributed by atoms with van der Waals surface area (Å²) in [4.78, 5) is 21.0. The quantitative estimate of drug-likeness (QED) is 0.318. The molecular weight excluding hydrogens is 417 g/mol. The zero-order chi connectivity index (χ0) is 17.9. The van der Waals surface area contributed by atoms with Crippen molar-refractivity contribution in [1.29, 1.82) is 0 Å². The largest absolute Gasteiger partial charge is 0.357 e. The summed E-state index contributed by atoms with van der Waals surface area (Å²) in [6.45, 7) is 17.3. The smallest absolute Gasteiger partial charge is 0.240 e. The Balaban J connectivity index is 0. The number of hydrogen-bond acceptors (Lipinski definition) is 3. The molecule has 24 heavy (non-hydrogen) atoms. The van der Waals surface area contributed by atoms with Gasteiger partial charge in [-0.1, -0.05) is 13.8 Å². The molecule has 0 aliphatic carbocycles. The summed E-state index contributed by atoms with van der Waals surface area (Å²) < 4.78 is 0. The van der Waals surface area contributed by atoms with Crippen molar-refractivity contribution in [3.05, 3.63) is 0 Å². The predicted molar refractivity (Wildman–Crippen MR) is 114 cm³/mol. The Bertz CT molecular complexity index is 368. The molecule has 0 atom stereocenters. The molecule has 0 unspecified atom stereocenters. The molecule has 0 fully saturated rings. The van der Waals surface area contributed by atoms with Crippen molar-refractivity contribution in [1.82, 2.24) is 20.4 Å². The lowest BCUT2D eigenvalue weighted by Gasteiger charge is -2.25. The molecule has 0 aromatic carbocycles. The third kappa shape index (κ3) is 12.8. The van der Waals surface area contributed by atoms with Gasteiger partial charge in [-0.25, -0.2) is 0 Å². The highest BCUT2D eigenvalue weighted by atomic mass is 127. The second-order valence-electron chi connectivity index (χ2n) is 6.82. The summed E-state index contributed by atoms with van der Waals surface area (Å²) in [5.74, 6) is 0.788. The van der Waals surface area contributed by atoms with Gasteiger partial charge >= 0.3 is 0 Å². The van der Waals surface area contributed by atoms with Gasteiger partial charge in [0, 0.05) is 25.7 Å². The fourth-order valence-electron chi connectivity index (χ4n) is 2.26. The highest BCUT2D eigenvalue weighted by molar-refractivity contribution is 14.0. The summed E-state index contributed by atoms with van der Waals surface area (Å²) in [6.07, 6.45) is 1.16. The Kier molecular flexibility index (Phi) is 14.6. The number of rotatable bonds is 9. The minimum Gasteiger partial charge on any atom is -0.357 e.